The molecule has 1 aliphatic heterocycles. The van der Waals surface area contributed by atoms with Crippen LogP contribution in [0.2, 0.25) is 0 Å². The second kappa shape index (κ2) is 13.1. The fourth-order valence-electron chi connectivity index (χ4n) is 3.86. The van der Waals surface area contributed by atoms with Crippen LogP contribution in [0.1, 0.15) is 66.2 Å². The Morgan fingerprint density at radius 3 is 2.03 bits per heavy atom. The van der Waals surface area contributed by atoms with Gasteiger partial charge in [-0.05, 0) is 43.9 Å². The highest BCUT2D eigenvalue weighted by Gasteiger charge is 2.38. The molecule has 0 spiro atoms. The Bertz CT molecular complexity index is 726. The molecule has 11 nitrogen and oxygen atoms in total. The Kier molecular flexibility index (Phi) is 11.3. The first-order chi connectivity index (χ1) is 15.3. The minimum Gasteiger partial charge on any atom is -0.480 e. The van der Waals surface area contributed by atoms with E-state index in [0.29, 0.717) is 32.2 Å². The molecule has 0 aromatic carbocycles. The van der Waals surface area contributed by atoms with Crippen molar-refractivity contribution in [3.63, 3.8) is 0 Å². The van der Waals surface area contributed by atoms with Crippen molar-refractivity contribution in [3.05, 3.63) is 0 Å². The van der Waals surface area contributed by atoms with Crippen molar-refractivity contribution >= 4 is 29.6 Å². The molecule has 4 amide bonds. The van der Waals surface area contributed by atoms with Gasteiger partial charge < -0.3 is 32.1 Å². The largest absolute Gasteiger partial charge is 0.480 e. The van der Waals surface area contributed by atoms with Crippen molar-refractivity contribution in [2.24, 2.45) is 23.3 Å². The van der Waals surface area contributed by atoms with Gasteiger partial charge in [0, 0.05) is 13.0 Å². The van der Waals surface area contributed by atoms with Gasteiger partial charge in [-0.1, -0.05) is 27.7 Å². The summed E-state index contributed by atoms with van der Waals surface area (Å²) in [6.07, 6.45) is 1.59. The number of amides is 4. The molecule has 33 heavy (non-hydrogen) atoms. The number of aliphatic carboxylic acids is 1. The monoisotopic (exact) mass is 469 g/mol. The van der Waals surface area contributed by atoms with Crippen LogP contribution < -0.4 is 22.1 Å². The summed E-state index contributed by atoms with van der Waals surface area (Å²) in [7, 11) is 0. The number of likely N-dealkylation sites (tertiary alicyclic amines) is 1. The number of nitrogens with zero attached hydrogens (tertiary/aromatic N) is 1. The number of hydrogen-bond donors (Lipinski definition) is 5. The zero-order valence-electron chi connectivity index (χ0n) is 20.0. The predicted octanol–water partition coefficient (Wildman–Crippen LogP) is -0.283. The first kappa shape index (κ1) is 28.3. The first-order valence-corrected chi connectivity index (χ1v) is 11.5. The molecule has 188 valence electrons. The molecule has 0 unspecified atom stereocenters. The maximum absolute atomic E-state index is 13.2. The Morgan fingerprint density at radius 2 is 1.52 bits per heavy atom. The quantitative estimate of drug-likeness (QED) is 0.245. The number of carboxylic acid groups (broad SMARTS) is 1. The molecular formula is C22H39N5O6. The number of nitrogens with two attached hydrogens (primary N) is 2. The molecular weight excluding hydrogens is 430 g/mol. The van der Waals surface area contributed by atoms with Crippen molar-refractivity contribution in [2.75, 3.05) is 6.54 Å². The van der Waals surface area contributed by atoms with Crippen LogP contribution in [0.15, 0.2) is 0 Å². The Hall–Kier alpha value is -2.69. The highest BCUT2D eigenvalue weighted by molar-refractivity contribution is 5.94. The van der Waals surface area contributed by atoms with Crippen LogP contribution in [-0.4, -0.2) is 70.3 Å². The fraction of sp³-hybridized carbons (Fsp3) is 0.773. The number of carbonyl (C=O) groups excluding carboxylic acids is 4. The molecule has 1 saturated heterocycles. The lowest BCUT2D eigenvalue weighted by Crippen LogP contribution is -2.57. The molecule has 4 atom stereocenters. The van der Waals surface area contributed by atoms with Crippen LogP contribution in [-0.2, 0) is 24.0 Å². The van der Waals surface area contributed by atoms with E-state index in [1.165, 1.54) is 4.90 Å². The second-order valence-electron chi connectivity index (χ2n) is 9.52. The summed E-state index contributed by atoms with van der Waals surface area (Å²) in [5.74, 6) is -3.09. The topological polar surface area (TPSA) is 185 Å². The van der Waals surface area contributed by atoms with Gasteiger partial charge in [0.25, 0.3) is 0 Å². The minimum atomic E-state index is -1.06. The van der Waals surface area contributed by atoms with Gasteiger partial charge >= 0.3 is 5.97 Å². The van der Waals surface area contributed by atoms with E-state index in [2.05, 4.69) is 10.6 Å². The van der Waals surface area contributed by atoms with E-state index >= 15 is 0 Å². The van der Waals surface area contributed by atoms with Gasteiger partial charge in [-0.2, -0.15) is 0 Å². The van der Waals surface area contributed by atoms with Crippen LogP contribution in [0.25, 0.3) is 0 Å². The van der Waals surface area contributed by atoms with Crippen molar-refractivity contribution < 1.29 is 29.1 Å². The molecule has 0 aromatic heterocycles. The highest BCUT2D eigenvalue weighted by atomic mass is 16.4. The van der Waals surface area contributed by atoms with Crippen LogP contribution in [0.3, 0.4) is 0 Å². The van der Waals surface area contributed by atoms with Gasteiger partial charge in [0.2, 0.25) is 23.6 Å². The number of hydrogen-bond acceptors (Lipinski definition) is 6. The zero-order chi connectivity index (χ0) is 25.3. The highest BCUT2D eigenvalue weighted by Crippen LogP contribution is 2.20. The molecule has 0 bridgehead atoms. The lowest BCUT2D eigenvalue weighted by molar-refractivity contribution is -0.149. The van der Waals surface area contributed by atoms with E-state index in [-0.39, 0.29) is 24.7 Å². The predicted molar refractivity (Wildman–Crippen MR) is 122 cm³/mol. The molecule has 1 rings (SSSR count). The van der Waals surface area contributed by atoms with Gasteiger partial charge in [0.1, 0.15) is 18.1 Å². The average molecular weight is 470 g/mol. The van der Waals surface area contributed by atoms with Gasteiger partial charge in [0.15, 0.2) is 0 Å². The third kappa shape index (κ3) is 9.37. The summed E-state index contributed by atoms with van der Waals surface area (Å²) in [4.78, 5) is 62.5. The third-order valence-electron chi connectivity index (χ3n) is 5.52. The zero-order valence-corrected chi connectivity index (χ0v) is 20.0. The van der Waals surface area contributed by atoms with Crippen LogP contribution in [0.4, 0.5) is 0 Å². The Balaban J connectivity index is 2.96. The third-order valence-corrected chi connectivity index (χ3v) is 5.52. The van der Waals surface area contributed by atoms with Crippen LogP contribution in [0.5, 0.6) is 0 Å². The van der Waals surface area contributed by atoms with E-state index in [1.807, 2.05) is 27.7 Å². The van der Waals surface area contributed by atoms with E-state index in [1.54, 1.807) is 0 Å². The number of carboxylic acids is 1. The summed E-state index contributed by atoms with van der Waals surface area (Å²) in [5, 5.41) is 14.8. The summed E-state index contributed by atoms with van der Waals surface area (Å²) in [6.45, 7) is 7.89. The van der Waals surface area contributed by atoms with Crippen molar-refractivity contribution in [1.82, 2.24) is 15.5 Å². The first-order valence-electron chi connectivity index (χ1n) is 11.5. The molecule has 0 saturated carbocycles. The second-order valence-corrected chi connectivity index (χ2v) is 9.52. The Labute approximate surface area is 195 Å². The normalized spacial score (nSPS) is 18.6. The standard InChI is InChI=1S/C22H39N5O6/c1-12(2)10-15(25-19(29)14(23)7-8-18(24)28)20(30)26-16(11-13(3)4)21(31)27-9-5-6-17(27)22(32)33/h12-17H,5-11,23H2,1-4H3,(H2,24,28)(H,25,29)(H,26,30)(H,32,33)/t14-,15-,16-,17-/m0/s1. The number of carbonyl (C=O) groups is 5. The van der Waals surface area contributed by atoms with Gasteiger partial charge in [-0.25, -0.2) is 4.79 Å². The van der Waals surface area contributed by atoms with E-state index < -0.39 is 53.8 Å². The smallest absolute Gasteiger partial charge is 0.326 e. The minimum absolute atomic E-state index is 0.0528. The van der Waals surface area contributed by atoms with E-state index in [0.717, 1.165) is 0 Å². The van der Waals surface area contributed by atoms with E-state index in [9.17, 15) is 29.1 Å². The number of rotatable bonds is 13. The summed E-state index contributed by atoms with van der Waals surface area (Å²) >= 11 is 0. The van der Waals surface area contributed by atoms with Crippen molar-refractivity contribution in [1.29, 1.82) is 0 Å². The fourth-order valence-corrected chi connectivity index (χ4v) is 3.86. The molecule has 0 aromatic rings. The molecule has 0 aliphatic carbocycles. The van der Waals surface area contributed by atoms with Crippen molar-refractivity contribution in [3.8, 4) is 0 Å². The number of nitrogens with one attached hydrogen (secondary N) is 2. The average Bonchev–Trinajstić information content (AvgIpc) is 3.19. The molecule has 1 aliphatic rings. The maximum Gasteiger partial charge on any atom is 0.326 e. The summed E-state index contributed by atoms with van der Waals surface area (Å²) < 4.78 is 0. The van der Waals surface area contributed by atoms with Gasteiger partial charge in [-0.3, -0.25) is 19.2 Å². The summed E-state index contributed by atoms with van der Waals surface area (Å²) in [5.41, 5.74) is 10.9. The van der Waals surface area contributed by atoms with E-state index in [4.69, 9.17) is 11.5 Å². The van der Waals surface area contributed by atoms with Crippen LogP contribution in [0, 0.1) is 11.8 Å². The lowest BCUT2D eigenvalue weighted by Gasteiger charge is -2.30. The molecule has 0 radical (unpaired) electrons. The SMILES string of the molecule is CC(C)C[C@H](NC(=O)[C@@H](N)CCC(N)=O)C(=O)N[C@@H](CC(C)C)C(=O)N1CCC[C@H]1C(=O)O. The lowest BCUT2D eigenvalue weighted by atomic mass is 9.99. The summed E-state index contributed by atoms with van der Waals surface area (Å²) in [6, 6.07) is -3.76. The van der Waals surface area contributed by atoms with Crippen molar-refractivity contribution in [2.45, 2.75) is 90.4 Å². The maximum atomic E-state index is 13.2. The Morgan fingerprint density at radius 1 is 0.970 bits per heavy atom. The molecule has 7 N–H and O–H groups in total. The van der Waals surface area contributed by atoms with Gasteiger partial charge in [0.05, 0.1) is 6.04 Å². The van der Waals surface area contributed by atoms with Gasteiger partial charge in [-0.15, -0.1) is 0 Å². The number of primary amides is 1. The van der Waals surface area contributed by atoms with Crippen LogP contribution >= 0.6 is 0 Å². The molecule has 11 heteroatoms. The molecule has 1 fully saturated rings. The molecule has 1 heterocycles.